The predicted octanol–water partition coefficient (Wildman–Crippen LogP) is 4.96. The van der Waals surface area contributed by atoms with Crippen LogP contribution in [-0.4, -0.2) is 23.1 Å². The molecule has 2 N–H and O–H groups in total. The van der Waals surface area contributed by atoms with Gasteiger partial charge in [-0.25, -0.2) is 14.4 Å². The van der Waals surface area contributed by atoms with Gasteiger partial charge in [0.1, 0.15) is 23.8 Å². The second-order valence-corrected chi connectivity index (χ2v) is 6.99. The molecule has 4 rings (SSSR count). The first kappa shape index (κ1) is 18.2. The van der Waals surface area contributed by atoms with Crippen LogP contribution >= 0.6 is 0 Å². The van der Waals surface area contributed by atoms with Gasteiger partial charge in [-0.15, -0.1) is 0 Å². The smallest absolute Gasteiger partial charge is 0.135 e. The summed E-state index contributed by atoms with van der Waals surface area (Å²) in [7, 11) is 0. The van der Waals surface area contributed by atoms with E-state index in [0.717, 1.165) is 30.2 Å². The van der Waals surface area contributed by atoms with Crippen LogP contribution in [0.5, 0.6) is 0 Å². The first-order valence-electron chi connectivity index (χ1n) is 9.69. The third-order valence-electron chi connectivity index (χ3n) is 4.91. The number of piperidine rings is 1. The SMILES string of the molecule is Fc1ccc(CNc2cc(Nc3ccc(N4CCCCC4)cc3)ncn2)cc1. The molecule has 0 radical (unpaired) electrons. The normalized spacial score (nSPS) is 14.0. The molecule has 3 aromatic rings. The van der Waals surface area contributed by atoms with Crippen LogP contribution in [0, 0.1) is 5.82 Å². The van der Waals surface area contributed by atoms with Gasteiger partial charge in [0.15, 0.2) is 0 Å². The van der Waals surface area contributed by atoms with E-state index in [2.05, 4.69) is 49.8 Å². The van der Waals surface area contributed by atoms with Crippen molar-refractivity contribution in [3.05, 3.63) is 72.3 Å². The maximum Gasteiger partial charge on any atom is 0.135 e. The van der Waals surface area contributed by atoms with Crippen molar-refractivity contribution < 1.29 is 4.39 Å². The number of benzene rings is 2. The first-order chi connectivity index (χ1) is 13.8. The molecule has 2 heterocycles. The molecule has 144 valence electrons. The minimum absolute atomic E-state index is 0.233. The molecular weight excluding hydrogens is 353 g/mol. The van der Waals surface area contributed by atoms with Crippen molar-refractivity contribution in [2.45, 2.75) is 25.8 Å². The van der Waals surface area contributed by atoms with Crippen LogP contribution in [0.1, 0.15) is 24.8 Å². The second kappa shape index (κ2) is 8.69. The van der Waals surface area contributed by atoms with Crippen LogP contribution in [0.2, 0.25) is 0 Å². The van der Waals surface area contributed by atoms with E-state index >= 15 is 0 Å². The third kappa shape index (κ3) is 4.76. The van der Waals surface area contributed by atoms with Crippen LogP contribution in [0.3, 0.4) is 0 Å². The number of hydrogen-bond donors (Lipinski definition) is 2. The highest BCUT2D eigenvalue weighted by Gasteiger charge is 2.10. The van der Waals surface area contributed by atoms with Crippen molar-refractivity contribution in [1.82, 2.24) is 9.97 Å². The zero-order valence-electron chi connectivity index (χ0n) is 15.7. The molecule has 1 aliphatic rings. The monoisotopic (exact) mass is 377 g/mol. The molecule has 1 aliphatic heterocycles. The van der Waals surface area contributed by atoms with E-state index in [9.17, 15) is 4.39 Å². The van der Waals surface area contributed by atoms with Gasteiger partial charge < -0.3 is 15.5 Å². The maximum atomic E-state index is 13.0. The van der Waals surface area contributed by atoms with Gasteiger partial charge >= 0.3 is 0 Å². The molecule has 5 nitrogen and oxygen atoms in total. The topological polar surface area (TPSA) is 53.1 Å². The number of anilines is 4. The van der Waals surface area contributed by atoms with Crippen molar-refractivity contribution in [2.75, 3.05) is 28.6 Å². The average Bonchev–Trinajstić information content (AvgIpc) is 2.75. The maximum absolute atomic E-state index is 13.0. The molecule has 0 aliphatic carbocycles. The van der Waals surface area contributed by atoms with Gasteiger partial charge in [-0.3, -0.25) is 0 Å². The summed E-state index contributed by atoms with van der Waals surface area (Å²) in [5, 5.41) is 6.56. The quantitative estimate of drug-likeness (QED) is 0.636. The summed E-state index contributed by atoms with van der Waals surface area (Å²) in [6, 6.07) is 16.8. The molecule has 0 saturated carbocycles. The summed E-state index contributed by atoms with van der Waals surface area (Å²) >= 11 is 0. The molecule has 6 heteroatoms. The van der Waals surface area contributed by atoms with Crippen molar-refractivity contribution in [2.24, 2.45) is 0 Å². The number of rotatable bonds is 6. The van der Waals surface area contributed by atoms with Gasteiger partial charge in [-0.1, -0.05) is 12.1 Å². The lowest BCUT2D eigenvalue weighted by atomic mass is 10.1. The Bertz CT molecular complexity index is 890. The van der Waals surface area contributed by atoms with Crippen molar-refractivity contribution in [3.63, 3.8) is 0 Å². The van der Waals surface area contributed by atoms with Crippen LogP contribution in [0.4, 0.5) is 27.4 Å². The van der Waals surface area contributed by atoms with Crippen molar-refractivity contribution in [3.8, 4) is 0 Å². The molecule has 1 aromatic heterocycles. The Morgan fingerprint density at radius 2 is 1.57 bits per heavy atom. The Morgan fingerprint density at radius 3 is 2.32 bits per heavy atom. The standard InChI is InChI=1S/C22H24FN5/c23-18-6-4-17(5-7-18)15-24-21-14-22(26-16-25-21)27-19-8-10-20(11-9-19)28-12-2-1-3-13-28/h4-11,14,16H,1-3,12-13,15H2,(H2,24,25,26,27). The number of nitrogens with zero attached hydrogens (tertiary/aromatic N) is 3. The summed E-state index contributed by atoms with van der Waals surface area (Å²) in [5.74, 6) is 1.21. The van der Waals surface area contributed by atoms with Gasteiger partial charge in [0.25, 0.3) is 0 Å². The predicted molar refractivity (Wildman–Crippen MR) is 112 cm³/mol. The molecule has 0 unspecified atom stereocenters. The lowest BCUT2D eigenvalue weighted by molar-refractivity contribution is 0.578. The Balaban J connectivity index is 1.36. The molecular formula is C22H24FN5. The van der Waals surface area contributed by atoms with Crippen LogP contribution in [0.25, 0.3) is 0 Å². The van der Waals surface area contributed by atoms with Crippen molar-refractivity contribution in [1.29, 1.82) is 0 Å². The van der Waals surface area contributed by atoms with Gasteiger partial charge in [0.2, 0.25) is 0 Å². The van der Waals surface area contributed by atoms with Gasteiger partial charge in [0, 0.05) is 37.1 Å². The van der Waals surface area contributed by atoms with E-state index < -0.39 is 0 Å². The van der Waals surface area contributed by atoms with Gasteiger partial charge in [0.05, 0.1) is 0 Å². The summed E-state index contributed by atoms with van der Waals surface area (Å²) in [6.07, 6.45) is 5.40. The van der Waals surface area contributed by atoms with E-state index in [1.165, 1.54) is 43.4 Å². The van der Waals surface area contributed by atoms with Crippen LogP contribution < -0.4 is 15.5 Å². The van der Waals surface area contributed by atoms with Crippen LogP contribution in [-0.2, 0) is 6.54 Å². The third-order valence-corrected chi connectivity index (χ3v) is 4.91. The Morgan fingerprint density at radius 1 is 0.857 bits per heavy atom. The molecule has 28 heavy (non-hydrogen) atoms. The summed E-state index contributed by atoms with van der Waals surface area (Å²) in [5.41, 5.74) is 3.25. The fourth-order valence-electron chi connectivity index (χ4n) is 3.37. The summed E-state index contributed by atoms with van der Waals surface area (Å²) in [6.45, 7) is 2.85. The highest BCUT2D eigenvalue weighted by Crippen LogP contribution is 2.23. The summed E-state index contributed by atoms with van der Waals surface area (Å²) < 4.78 is 13.0. The molecule has 1 fully saturated rings. The molecule has 0 amide bonds. The molecule has 1 saturated heterocycles. The molecule has 0 bridgehead atoms. The average molecular weight is 377 g/mol. The molecule has 0 atom stereocenters. The lowest BCUT2D eigenvalue weighted by Crippen LogP contribution is -2.29. The Labute approximate surface area is 164 Å². The number of aromatic nitrogens is 2. The van der Waals surface area contributed by atoms with E-state index in [0.29, 0.717) is 12.4 Å². The van der Waals surface area contributed by atoms with E-state index in [4.69, 9.17) is 0 Å². The van der Waals surface area contributed by atoms with Gasteiger partial charge in [-0.05, 0) is 61.2 Å². The Hall–Kier alpha value is -3.15. The highest BCUT2D eigenvalue weighted by atomic mass is 19.1. The number of halogens is 1. The van der Waals surface area contributed by atoms with E-state index in [-0.39, 0.29) is 5.82 Å². The fraction of sp³-hybridized carbons (Fsp3) is 0.273. The van der Waals surface area contributed by atoms with Crippen LogP contribution in [0.15, 0.2) is 60.9 Å². The number of hydrogen-bond acceptors (Lipinski definition) is 5. The van der Waals surface area contributed by atoms with Gasteiger partial charge in [-0.2, -0.15) is 0 Å². The Kier molecular flexibility index (Phi) is 5.66. The largest absolute Gasteiger partial charge is 0.372 e. The lowest BCUT2D eigenvalue weighted by Gasteiger charge is -2.28. The number of nitrogens with one attached hydrogen (secondary N) is 2. The summed E-state index contributed by atoms with van der Waals surface area (Å²) in [4.78, 5) is 11.0. The minimum atomic E-state index is -0.233. The second-order valence-electron chi connectivity index (χ2n) is 6.99. The minimum Gasteiger partial charge on any atom is -0.372 e. The zero-order chi connectivity index (χ0) is 19.2. The van der Waals surface area contributed by atoms with Crippen molar-refractivity contribution >= 4 is 23.0 Å². The zero-order valence-corrected chi connectivity index (χ0v) is 15.7. The van der Waals surface area contributed by atoms with E-state index in [1.807, 2.05) is 6.07 Å². The first-order valence-corrected chi connectivity index (χ1v) is 9.69. The molecule has 2 aromatic carbocycles. The molecule has 0 spiro atoms. The highest BCUT2D eigenvalue weighted by molar-refractivity contribution is 5.62. The van der Waals surface area contributed by atoms with E-state index in [1.54, 1.807) is 12.1 Å². The fourth-order valence-corrected chi connectivity index (χ4v) is 3.37.